The van der Waals surface area contributed by atoms with Crippen LogP contribution in [0.3, 0.4) is 0 Å². The number of methoxy groups -OCH3 is 2. The van der Waals surface area contributed by atoms with Gasteiger partial charge < -0.3 is 19.7 Å². The Morgan fingerprint density at radius 2 is 1.52 bits per heavy atom. The third-order valence-electron chi connectivity index (χ3n) is 7.22. The largest absolute Gasteiger partial charge is 0.493 e. The molecule has 0 bridgehead atoms. The lowest BCUT2D eigenvalue weighted by Crippen LogP contribution is -2.53. The molecular formula is C34H35BrFN3O6S. The van der Waals surface area contributed by atoms with Crippen molar-refractivity contribution in [2.45, 2.75) is 30.8 Å². The fraction of sp³-hybridized carbons (Fsp3) is 0.235. The maximum atomic E-state index is 14.4. The molecule has 4 aromatic rings. The zero-order valence-electron chi connectivity index (χ0n) is 25.7. The van der Waals surface area contributed by atoms with Crippen LogP contribution in [-0.4, -0.2) is 58.5 Å². The Hall–Kier alpha value is -4.42. The maximum absolute atomic E-state index is 14.4. The van der Waals surface area contributed by atoms with E-state index in [1.54, 1.807) is 6.92 Å². The van der Waals surface area contributed by atoms with Gasteiger partial charge in [-0.05, 0) is 66.6 Å². The number of nitrogens with one attached hydrogen (secondary N) is 1. The summed E-state index contributed by atoms with van der Waals surface area (Å²) in [5, 5.41) is 2.83. The molecule has 0 heterocycles. The number of benzene rings is 4. The first-order valence-corrected chi connectivity index (χ1v) is 16.7. The van der Waals surface area contributed by atoms with Crippen molar-refractivity contribution in [1.29, 1.82) is 0 Å². The van der Waals surface area contributed by atoms with Crippen molar-refractivity contribution >= 4 is 43.5 Å². The molecular weight excluding hydrogens is 677 g/mol. The SMILES string of the molecule is CCNC(=O)C(Cc1ccccc1)N(Cc1ccc(Br)cc1)C(=O)CN(c1ccc(F)cc1)S(=O)(=O)c1ccc(OC)c(OC)c1. The van der Waals surface area contributed by atoms with Crippen molar-refractivity contribution < 1.29 is 31.9 Å². The van der Waals surface area contributed by atoms with E-state index in [-0.39, 0.29) is 35.2 Å². The van der Waals surface area contributed by atoms with Crippen LogP contribution >= 0.6 is 15.9 Å². The molecule has 1 N–H and O–H groups in total. The number of halogens is 2. The third-order valence-corrected chi connectivity index (χ3v) is 9.52. The van der Waals surface area contributed by atoms with Crippen molar-refractivity contribution in [2.75, 3.05) is 31.6 Å². The summed E-state index contributed by atoms with van der Waals surface area (Å²) in [5.41, 5.74) is 1.61. The number of hydrogen-bond donors (Lipinski definition) is 1. The molecule has 0 saturated heterocycles. The Balaban J connectivity index is 1.81. The van der Waals surface area contributed by atoms with E-state index in [9.17, 15) is 22.4 Å². The van der Waals surface area contributed by atoms with Crippen molar-refractivity contribution in [2.24, 2.45) is 0 Å². The second kappa shape index (κ2) is 15.7. The van der Waals surface area contributed by atoms with Crippen LogP contribution in [0.15, 0.2) is 106 Å². The molecule has 0 aromatic heterocycles. The molecule has 4 rings (SSSR count). The monoisotopic (exact) mass is 711 g/mol. The molecule has 0 aliphatic heterocycles. The molecule has 2 amide bonds. The van der Waals surface area contributed by atoms with E-state index in [1.807, 2.05) is 54.6 Å². The first kappa shape index (κ1) is 34.5. The van der Waals surface area contributed by atoms with E-state index in [4.69, 9.17) is 9.47 Å². The number of carbonyl (C=O) groups excluding carboxylic acids is 2. The van der Waals surface area contributed by atoms with Crippen LogP contribution in [0.5, 0.6) is 11.5 Å². The van der Waals surface area contributed by atoms with Gasteiger partial charge in [0.25, 0.3) is 10.0 Å². The summed E-state index contributed by atoms with van der Waals surface area (Å²) in [6.45, 7) is 1.46. The van der Waals surface area contributed by atoms with Crippen molar-refractivity contribution in [3.05, 3.63) is 118 Å². The van der Waals surface area contributed by atoms with Gasteiger partial charge in [0.05, 0.1) is 24.8 Å². The lowest BCUT2D eigenvalue weighted by Gasteiger charge is -2.34. The second-order valence-corrected chi connectivity index (χ2v) is 13.0. The fourth-order valence-electron chi connectivity index (χ4n) is 4.87. The molecule has 46 heavy (non-hydrogen) atoms. The second-order valence-electron chi connectivity index (χ2n) is 10.3. The van der Waals surface area contributed by atoms with Crippen molar-refractivity contribution in [1.82, 2.24) is 10.2 Å². The van der Waals surface area contributed by atoms with E-state index in [2.05, 4.69) is 21.2 Å². The van der Waals surface area contributed by atoms with Gasteiger partial charge in [0.2, 0.25) is 11.8 Å². The predicted molar refractivity (Wildman–Crippen MR) is 178 cm³/mol. The lowest BCUT2D eigenvalue weighted by atomic mass is 10.0. The lowest BCUT2D eigenvalue weighted by molar-refractivity contribution is -0.140. The predicted octanol–water partition coefficient (Wildman–Crippen LogP) is 5.58. The molecule has 1 atom stereocenters. The normalized spacial score (nSPS) is 11.8. The molecule has 0 radical (unpaired) electrons. The minimum absolute atomic E-state index is 0.0222. The number of rotatable bonds is 14. The highest BCUT2D eigenvalue weighted by atomic mass is 79.9. The number of likely N-dealkylation sites (N-methyl/N-ethyl adjacent to an activating group) is 1. The van der Waals surface area contributed by atoms with Gasteiger partial charge in [-0.15, -0.1) is 0 Å². The number of anilines is 1. The Kier molecular flexibility index (Phi) is 11.8. The third kappa shape index (κ3) is 8.43. The highest BCUT2D eigenvalue weighted by molar-refractivity contribution is 9.10. The van der Waals surface area contributed by atoms with Crippen LogP contribution < -0.4 is 19.1 Å². The minimum Gasteiger partial charge on any atom is -0.493 e. The molecule has 9 nitrogen and oxygen atoms in total. The Morgan fingerprint density at radius 1 is 0.870 bits per heavy atom. The number of ether oxygens (including phenoxy) is 2. The molecule has 0 aliphatic carbocycles. The summed E-state index contributed by atoms with van der Waals surface area (Å²) in [7, 11) is -1.62. The first-order chi connectivity index (χ1) is 22.1. The number of amides is 2. The summed E-state index contributed by atoms with van der Waals surface area (Å²) in [4.78, 5) is 29.2. The summed E-state index contributed by atoms with van der Waals surface area (Å²) < 4.78 is 54.7. The van der Waals surface area contributed by atoms with Gasteiger partial charge in [-0.1, -0.05) is 58.4 Å². The zero-order valence-corrected chi connectivity index (χ0v) is 28.1. The molecule has 12 heteroatoms. The fourth-order valence-corrected chi connectivity index (χ4v) is 6.57. The van der Waals surface area contributed by atoms with E-state index >= 15 is 0 Å². The van der Waals surface area contributed by atoms with Gasteiger partial charge in [-0.2, -0.15) is 0 Å². The van der Waals surface area contributed by atoms with E-state index < -0.39 is 34.3 Å². The highest BCUT2D eigenvalue weighted by Crippen LogP contribution is 2.32. The maximum Gasteiger partial charge on any atom is 0.264 e. The standard InChI is InChI=1S/C34H35BrFN3O6S/c1-4-37-34(41)30(20-24-8-6-5-7-9-24)38(22-25-10-12-26(35)13-11-25)33(40)23-39(28-16-14-27(36)15-17-28)46(42,43)29-18-19-31(44-2)32(21-29)45-3/h5-19,21,30H,4,20,22-23H2,1-3H3,(H,37,41). The molecule has 0 saturated carbocycles. The number of carbonyl (C=O) groups is 2. The van der Waals surface area contributed by atoms with Gasteiger partial charge in [-0.25, -0.2) is 12.8 Å². The molecule has 4 aromatic carbocycles. The molecule has 0 fully saturated rings. The van der Waals surface area contributed by atoms with Crippen LogP contribution in [0.2, 0.25) is 0 Å². The van der Waals surface area contributed by atoms with Crippen molar-refractivity contribution in [3.8, 4) is 11.5 Å². The van der Waals surface area contributed by atoms with Gasteiger partial charge in [-0.3, -0.25) is 13.9 Å². The quantitative estimate of drug-likeness (QED) is 0.183. The van der Waals surface area contributed by atoms with Gasteiger partial charge in [0.1, 0.15) is 18.4 Å². The molecule has 242 valence electrons. The summed E-state index contributed by atoms with van der Waals surface area (Å²) >= 11 is 3.42. The first-order valence-electron chi connectivity index (χ1n) is 14.4. The smallest absolute Gasteiger partial charge is 0.264 e. The average Bonchev–Trinajstić information content (AvgIpc) is 3.06. The van der Waals surface area contributed by atoms with Crippen LogP contribution in [0.25, 0.3) is 0 Å². The summed E-state index contributed by atoms with van der Waals surface area (Å²) in [6, 6.07) is 24.4. The Morgan fingerprint density at radius 3 is 2.13 bits per heavy atom. The van der Waals surface area contributed by atoms with Crippen LogP contribution in [0.4, 0.5) is 10.1 Å². The Bertz CT molecular complexity index is 1740. The zero-order chi connectivity index (χ0) is 33.3. The molecule has 1 unspecified atom stereocenters. The highest BCUT2D eigenvalue weighted by Gasteiger charge is 2.35. The number of nitrogens with zero attached hydrogens (tertiary/aromatic N) is 2. The van der Waals surface area contributed by atoms with E-state index in [0.29, 0.717) is 12.3 Å². The molecule has 0 spiro atoms. The summed E-state index contributed by atoms with van der Waals surface area (Å²) in [6.07, 6.45) is 0.188. The average molecular weight is 713 g/mol. The molecule has 0 aliphatic rings. The van der Waals surface area contributed by atoms with Crippen LogP contribution in [0.1, 0.15) is 18.1 Å². The van der Waals surface area contributed by atoms with Gasteiger partial charge >= 0.3 is 0 Å². The van der Waals surface area contributed by atoms with Crippen molar-refractivity contribution in [3.63, 3.8) is 0 Å². The topological polar surface area (TPSA) is 105 Å². The minimum atomic E-state index is -4.43. The summed E-state index contributed by atoms with van der Waals surface area (Å²) in [5.74, 6) is -1.10. The number of sulfonamides is 1. The van der Waals surface area contributed by atoms with Gasteiger partial charge in [0.15, 0.2) is 11.5 Å². The Labute approximate surface area is 277 Å². The number of hydrogen-bond acceptors (Lipinski definition) is 6. The van der Waals surface area contributed by atoms with Crippen LogP contribution in [-0.2, 0) is 32.6 Å². The van der Waals surface area contributed by atoms with E-state index in [0.717, 1.165) is 32.0 Å². The van der Waals surface area contributed by atoms with E-state index in [1.165, 1.54) is 49.5 Å². The van der Waals surface area contributed by atoms with Crippen LogP contribution in [0, 0.1) is 5.82 Å². The van der Waals surface area contributed by atoms with Gasteiger partial charge in [0, 0.05) is 30.0 Å².